The molecule has 0 bridgehead atoms. The Morgan fingerprint density at radius 1 is 1.25 bits per heavy atom. The number of nitrogens with zero attached hydrogens (tertiary/aromatic N) is 2. The van der Waals surface area contributed by atoms with Crippen molar-refractivity contribution in [1.29, 1.82) is 5.26 Å². The number of amides is 1. The highest BCUT2D eigenvalue weighted by atomic mass is 32.2. The van der Waals surface area contributed by atoms with Crippen molar-refractivity contribution in [2.75, 3.05) is 11.1 Å². The third-order valence-corrected chi connectivity index (χ3v) is 3.91. The normalized spacial score (nSPS) is 10.9. The van der Waals surface area contributed by atoms with Crippen molar-refractivity contribution in [2.24, 2.45) is 0 Å². The molecule has 0 saturated carbocycles. The Bertz CT molecular complexity index is 754. The Kier molecular flexibility index (Phi) is 5.82. The van der Waals surface area contributed by atoms with E-state index in [0.717, 1.165) is 12.3 Å². The molecule has 1 aromatic heterocycles. The predicted molar refractivity (Wildman–Crippen MR) is 84.4 cm³/mol. The predicted octanol–water partition coefficient (Wildman–Crippen LogP) is 4.09. The highest BCUT2D eigenvalue weighted by Gasteiger charge is 2.30. The van der Waals surface area contributed by atoms with Gasteiger partial charge in [-0.3, -0.25) is 4.79 Å². The Morgan fingerprint density at radius 2 is 2.00 bits per heavy atom. The Morgan fingerprint density at radius 3 is 2.62 bits per heavy atom. The second-order valence-corrected chi connectivity index (χ2v) is 5.80. The number of nitrogens with one attached hydrogen (secondary N) is 1. The molecule has 0 aliphatic rings. The van der Waals surface area contributed by atoms with Gasteiger partial charge in [0, 0.05) is 18.4 Å². The van der Waals surface area contributed by atoms with Gasteiger partial charge in [-0.25, -0.2) is 4.98 Å². The summed E-state index contributed by atoms with van der Waals surface area (Å²) in [5.41, 5.74) is -0.0109. The lowest BCUT2D eigenvalue weighted by molar-refractivity contribution is -0.137. The van der Waals surface area contributed by atoms with Gasteiger partial charge in [0.15, 0.2) is 0 Å². The van der Waals surface area contributed by atoms with Crippen molar-refractivity contribution in [3.05, 3.63) is 53.7 Å². The molecular weight excluding hydrogens is 339 g/mol. The maximum absolute atomic E-state index is 12.4. The minimum absolute atomic E-state index is 0.146. The topological polar surface area (TPSA) is 65.8 Å². The molecule has 2 rings (SSSR count). The second kappa shape index (κ2) is 7.84. The number of pyridine rings is 1. The van der Waals surface area contributed by atoms with Crippen molar-refractivity contribution in [1.82, 2.24) is 4.98 Å². The number of carbonyl (C=O) groups is 1. The van der Waals surface area contributed by atoms with E-state index in [9.17, 15) is 18.0 Å². The van der Waals surface area contributed by atoms with Gasteiger partial charge in [0.05, 0.1) is 21.8 Å². The van der Waals surface area contributed by atoms with Gasteiger partial charge >= 0.3 is 6.18 Å². The second-order valence-electron chi connectivity index (χ2n) is 4.69. The standard InChI is InChI=1S/C16H12F3N3OS/c17-16(18,19)12-5-6-15(21-10-12)24-8-7-14(23)22-13-4-2-1-3-11(13)9-20/h1-6,10H,7-8H2,(H,22,23). The van der Waals surface area contributed by atoms with Crippen LogP contribution in [-0.2, 0) is 11.0 Å². The average Bonchev–Trinajstić information content (AvgIpc) is 2.55. The van der Waals surface area contributed by atoms with Crippen LogP contribution >= 0.6 is 11.8 Å². The van der Waals surface area contributed by atoms with Gasteiger partial charge in [0.25, 0.3) is 0 Å². The van der Waals surface area contributed by atoms with Crippen molar-refractivity contribution in [2.45, 2.75) is 17.6 Å². The van der Waals surface area contributed by atoms with Gasteiger partial charge in [-0.1, -0.05) is 12.1 Å². The number of thioether (sulfide) groups is 1. The maximum Gasteiger partial charge on any atom is 0.417 e. The van der Waals surface area contributed by atoms with Gasteiger partial charge in [-0.15, -0.1) is 11.8 Å². The van der Waals surface area contributed by atoms with Crippen LogP contribution in [0.4, 0.5) is 18.9 Å². The van der Waals surface area contributed by atoms with E-state index in [1.54, 1.807) is 24.3 Å². The minimum atomic E-state index is -4.41. The zero-order valence-corrected chi connectivity index (χ0v) is 13.1. The van der Waals surface area contributed by atoms with Crippen LogP contribution < -0.4 is 5.32 Å². The number of para-hydroxylation sites is 1. The number of benzene rings is 1. The minimum Gasteiger partial charge on any atom is -0.325 e. The fourth-order valence-electron chi connectivity index (χ4n) is 1.78. The SMILES string of the molecule is N#Cc1ccccc1NC(=O)CCSc1ccc(C(F)(F)F)cn1. The zero-order valence-electron chi connectivity index (χ0n) is 12.3. The molecule has 1 amide bonds. The largest absolute Gasteiger partial charge is 0.417 e. The molecule has 0 spiro atoms. The van der Waals surface area contributed by atoms with E-state index in [0.29, 0.717) is 22.0 Å². The lowest BCUT2D eigenvalue weighted by Crippen LogP contribution is -2.13. The molecule has 1 aromatic carbocycles. The molecule has 0 atom stereocenters. The first-order chi connectivity index (χ1) is 11.4. The molecular formula is C16H12F3N3OS. The average molecular weight is 351 g/mol. The van der Waals surface area contributed by atoms with Crippen LogP contribution in [0.5, 0.6) is 0 Å². The quantitative estimate of drug-likeness (QED) is 0.824. The van der Waals surface area contributed by atoms with Gasteiger partial charge in [0.2, 0.25) is 5.91 Å². The molecule has 0 aliphatic carbocycles. The molecule has 0 unspecified atom stereocenters. The van der Waals surface area contributed by atoms with Crippen molar-refractivity contribution >= 4 is 23.4 Å². The Labute approximate surface area is 140 Å². The fourth-order valence-corrected chi connectivity index (χ4v) is 2.57. The summed E-state index contributed by atoms with van der Waals surface area (Å²) < 4.78 is 37.3. The fraction of sp³-hybridized carbons (Fsp3) is 0.188. The van der Waals surface area contributed by atoms with E-state index < -0.39 is 11.7 Å². The van der Waals surface area contributed by atoms with Crippen LogP contribution in [0.3, 0.4) is 0 Å². The van der Waals surface area contributed by atoms with E-state index in [-0.39, 0.29) is 12.3 Å². The molecule has 2 aromatic rings. The molecule has 1 heterocycles. The monoisotopic (exact) mass is 351 g/mol. The number of hydrogen-bond acceptors (Lipinski definition) is 4. The van der Waals surface area contributed by atoms with Crippen LogP contribution in [0.1, 0.15) is 17.5 Å². The molecule has 4 nitrogen and oxygen atoms in total. The summed E-state index contributed by atoms with van der Waals surface area (Å²) in [5, 5.41) is 12.0. The van der Waals surface area contributed by atoms with Crippen LogP contribution in [-0.4, -0.2) is 16.6 Å². The van der Waals surface area contributed by atoms with E-state index in [1.165, 1.54) is 17.8 Å². The summed E-state index contributed by atoms with van der Waals surface area (Å²) in [4.78, 5) is 15.6. The molecule has 124 valence electrons. The number of hydrogen-bond donors (Lipinski definition) is 1. The van der Waals surface area contributed by atoms with Gasteiger partial charge in [-0.2, -0.15) is 18.4 Å². The first-order valence-corrected chi connectivity index (χ1v) is 7.84. The van der Waals surface area contributed by atoms with Crippen LogP contribution in [0.25, 0.3) is 0 Å². The first-order valence-electron chi connectivity index (χ1n) is 6.85. The summed E-state index contributed by atoms with van der Waals surface area (Å²) in [6, 6.07) is 10.8. The third-order valence-electron chi connectivity index (χ3n) is 2.96. The molecule has 8 heteroatoms. The van der Waals surface area contributed by atoms with E-state index in [1.807, 2.05) is 6.07 Å². The summed E-state index contributed by atoms with van der Waals surface area (Å²) in [6.45, 7) is 0. The molecule has 0 aliphatic heterocycles. The molecule has 0 fully saturated rings. The van der Waals surface area contributed by atoms with E-state index >= 15 is 0 Å². The van der Waals surface area contributed by atoms with Gasteiger partial charge in [0.1, 0.15) is 6.07 Å². The highest BCUT2D eigenvalue weighted by Crippen LogP contribution is 2.29. The number of rotatable bonds is 5. The maximum atomic E-state index is 12.4. The molecule has 0 saturated heterocycles. The van der Waals surface area contributed by atoms with Crippen LogP contribution in [0, 0.1) is 11.3 Å². The molecule has 1 N–H and O–H groups in total. The smallest absolute Gasteiger partial charge is 0.325 e. The number of alkyl halides is 3. The first kappa shape index (κ1) is 17.8. The summed E-state index contributed by atoms with van der Waals surface area (Å²) in [5.74, 6) is 0.0796. The van der Waals surface area contributed by atoms with E-state index in [4.69, 9.17) is 5.26 Å². The highest BCUT2D eigenvalue weighted by molar-refractivity contribution is 7.99. The van der Waals surface area contributed by atoms with Gasteiger partial charge in [-0.05, 0) is 24.3 Å². The van der Waals surface area contributed by atoms with Crippen molar-refractivity contribution in [3.63, 3.8) is 0 Å². The number of carbonyl (C=O) groups excluding carboxylic acids is 1. The van der Waals surface area contributed by atoms with E-state index in [2.05, 4.69) is 10.3 Å². The van der Waals surface area contributed by atoms with Crippen LogP contribution in [0.2, 0.25) is 0 Å². The summed E-state index contributed by atoms with van der Waals surface area (Å²) in [6.07, 6.45) is -3.50. The zero-order chi connectivity index (χ0) is 17.6. The van der Waals surface area contributed by atoms with Crippen molar-refractivity contribution < 1.29 is 18.0 Å². The molecule has 24 heavy (non-hydrogen) atoms. The number of anilines is 1. The van der Waals surface area contributed by atoms with Crippen molar-refractivity contribution in [3.8, 4) is 6.07 Å². The lowest BCUT2D eigenvalue weighted by atomic mass is 10.2. The summed E-state index contributed by atoms with van der Waals surface area (Å²) >= 11 is 1.18. The number of halogens is 3. The Balaban J connectivity index is 1.84. The summed E-state index contributed by atoms with van der Waals surface area (Å²) in [7, 11) is 0. The number of aromatic nitrogens is 1. The van der Waals surface area contributed by atoms with Gasteiger partial charge < -0.3 is 5.32 Å². The molecule has 0 radical (unpaired) electrons. The third kappa shape index (κ3) is 4.99. The van der Waals surface area contributed by atoms with Crippen LogP contribution in [0.15, 0.2) is 47.6 Å². The Hall–Kier alpha value is -2.53. The number of nitriles is 1. The lowest BCUT2D eigenvalue weighted by Gasteiger charge is -2.07.